The van der Waals surface area contributed by atoms with Gasteiger partial charge in [0.2, 0.25) is 5.91 Å². The minimum Gasteiger partial charge on any atom is -0.396 e. The number of carbonyl (C=O) groups is 1. The van der Waals surface area contributed by atoms with E-state index < -0.39 is 0 Å². The molecule has 1 atom stereocenters. The van der Waals surface area contributed by atoms with Crippen LogP contribution in [0.3, 0.4) is 0 Å². The number of nitrogens with zero attached hydrogens (tertiary/aromatic N) is 2. The Bertz CT molecular complexity index is 434. The van der Waals surface area contributed by atoms with Crippen molar-refractivity contribution in [3.05, 3.63) is 29.8 Å². The Morgan fingerprint density at radius 1 is 1.33 bits per heavy atom. The smallest absolute Gasteiger partial charge is 0.245 e. The molecule has 0 bridgehead atoms. The quantitative estimate of drug-likeness (QED) is 0.868. The third-order valence-corrected chi connectivity index (χ3v) is 3.54. The van der Waals surface area contributed by atoms with Gasteiger partial charge in [-0.3, -0.25) is 4.79 Å². The first-order valence-corrected chi connectivity index (χ1v) is 6.33. The van der Waals surface area contributed by atoms with Crippen molar-refractivity contribution in [1.29, 1.82) is 0 Å². The van der Waals surface area contributed by atoms with E-state index in [9.17, 15) is 4.79 Å². The van der Waals surface area contributed by atoms with Crippen LogP contribution in [0, 0.1) is 6.92 Å². The van der Waals surface area contributed by atoms with Crippen LogP contribution in [0.25, 0.3) is 0 Å². The standard InChI is InChI=1S/C14H20N2O2/c1-11-5-3-4-6-12(11)16-9-8-15(2)14(18)13(16)7-10-17/h3-6,13,17H,7-10H2,1-2H3. The predicted molar refractivity (Wildman–Crippen MR) is 71.7 cm³/mol. The summed E-state index contributed by atoms with van der Waals surface area (Å²) in [4.78, 5) is 16.0. The van der Waals surface area contributed by atoms with Crippen molar-refractivity contribution in [2.45, 2.75) is 19.4 Å². The lowest BCUT2D eigenvalue weighted by molar-refractivity contribution is -0.133. The first-order valence-electron chi connectivity index (χ1n) is 6.33. The molecule has 1 fully saturated rings. The second kappa shape index (κ2) is 5.40. The molecule has 2 rings (SSSR count). The average molecular weight is 248 g/mol. The zero-order valence-corrected chi connectivity index (χ0v) is 11.0. The van der Waals surface area contributed by atoms with E-state index in [2.05, 4.69) is 4.90 Å². The number of amides is 1. The van der Waals surface area contributed by atoms with Crippen LogP contribution in [0.1, 0.15) is 12.0 Å². The van der Waals surface area contributed by atoms with Crippen LogP contribution in [0.4, 0.5) is 5.69 Å². The minimum absolute atomic E-state index is 0.0344. The highest BCUT2D eigenvalue weighted by molar-refractivity contribution is 5.86. The van der Waals surface area contributed by atoms with Gasteiger partial charge >= 0.3 is 0 Å². The van der Waals surface area contributed by atoms with E-state index in [1.807, 2.05) is 38.2 Å². The zero-order chi connectivity index (χ0) is 13.1. The van der Waals surface area contributed by atoms with Crippen LogP contribution in [-0.2, 0) is 4.79 Å². The number of aryl methyl sites for hydroxylation is 1. The highest BCUT2D eigenvalue weighted by Gasteiger charge is 2.33. The summed E-state index contributed by atoms with van der Waals surface area (Å²) in [5.41, 5.74) is 2.26. The fourth-order valence-corrected chi connectivity index (χ4v) is 2.49. The van der Waals surface area contributed by atoms with Gasteiger partial charge in [0.05, 0.1) is 0 Å². The van der Waals surface area contributed by atoms with Gasteiger partial charge in [0.15, 0.2) is 0 Å². The van der Waals surface area contributed by atoms with Gasteiger partial charge in [-0.15, -0.1) is 0 Å². The number of aliphatic hydroxyl groups is 1. The number of piperazine rings is 1. The maximum atomic E-state index is 12.2. The summed E-state index contributed by atoms with van der Waals surface area (Å²) in [7, 11) is 1.82. The number of likely N-dealkylation sites (N-methyl/N-ethyl adjacent to an activating group) is 1. The summed E-state index contributed by atoms with van der Waals surface area (Å²) in [6.07, 6.45) is 0.484. The van der Waals surface area contributed by atoms with Crippen LogP contribution in [0.2, 0.25) is 0 Å². The Morgan fingerprint density at radius 2 is 2.06 bits per heavy atom. The minimum atomic E-state index is -0.241. The van der Waals surface area contributed by atoms with E-state index in [4.69, 9.17) is 5.11 Å². The first-order chi connectivity index (χ1) is 8.65. The van der Waals surface area contributed by atoms with Crippen molar-refractivity contribution in [2.24, 2.45) is 0 Å². The fraction of sp³-hybridized carbons (Fsp3) is 0.500. The average Bonchev–Trinajstić information content (AvgIpc) is 2.37. The van der Waals surface area contributed by atoms with Gasteiger partial charge in [-0.25, -0.2) is 0 Å². The number of aliphatic hydroxyl groups excluding tert-OH is 1. The van der Waals surface area contributed by atoms with Gasteiger partial charge in [-0.05, 0) is 25.0 Å². The molecular weight excluding hydrogens is 228 g/mol. The highest BCUT2D eigenvalue weighted by Crippen LogP contribution is 2.25. The molecule has 0 spiro atoms. The van der Waals surface area contributed by atoms with E-state index in [1.54, 1.807) is 4.90 Å². The van der Waals surface area contributed by atoms with Crippen LogP contribution >= 0.6 is 0 Å². The number of hydrogen-bond donors (Lipinski definition) is 1. The van der Waals surface area contributed by atoms with E-state index in [1.165, 1.54) is 0 Å². The molecule has 1 unspecified atom stereocenters. The van der Waals surface area contributed by atoms with E-state index in [0.717, 1.165) is 24.3 Å². The molecule has 0 aliphatic carbocycles. The molecule has 1 amide bonds. The number of hydrogen-bond acceptors (Lipinski definition) is 3. The van der Waals surface area contributed by atoms with Crippen molar-refractivity contribution in [3.63, 3.8) is 0 Å². The van der Waals surface area contributed by atoms with Crippen molar-refractivity contribution < 1.29 is 9.90 Å². The molecule has 1 saturated heterocycles. The van der Waals surface area contributed by atoms with E-state index in [-0.39, 0.29) is 18.6 Å². The third-order valence-electron chi connectivity index (χ3n) is 3.54. The third kappa shape index (κ3) is 2.34. The SMILES string of the molecule is Cc1ccccc1N1CCN(C)C(=O)C1CCO. The molecule has 1 N–H and O–H groups in total. The summed E-state index contributed by atoms with van der Waals surface area (Å²) < 4.78 is 0. The van der Waals surface area contributed by atoms with Gasteiger partial charge in [-0.2, -0.15) is 0 Å². The van der Waals surface area contributed by atoms with Crippen LogP contribution in [0.15, 0.2) is 24.3 Å². The molecule has 0 saturated carbocycles. The molecule has 1 aliphatic rings. The lowest BCUT2D eigenvalue weighted by atomic mass is 10.0. The summed E-state index contributed by atoms with van der Waals surface area (Å²) in [6, 6.07) is 7.83. The Balaban J connectivity index is 2.30. The van der Waals surface area contributed by atoms with Gasteiger partial charge < -0.3 is 14.9 Å². The number of anilines is 1. The number of carbonyl (C=O) groups excluding carboxylic acids is 1. The number of para-hydroxylation sites is 1. The molecule has 4 heteroatoms. The van der Waals surface area contributed by atoms with Crippen LogP contribution in [-0.4, -0.2) is 48.7 Å². The lowest BCUT2D eigenvalue weighted by Gasteiger charge is -2.41. The van der Waals surface area contributed by atoms with Gasteiger partial charge in [-0.1, -0.05) is 18.2 Å². The molecule has 1 aromatic rings. The van der Waals surface area contributed by atoms with Crippen molar-refractivity contribution in [1.82, 2.24) is 4.90 Å². The maximum absolute atomic E-state index is 12.2. The number of rotatable bonds is 3. The zero-order valence-electron chi connectivity index (χ0n) is 11.0. The van der Waals surface area contributed by atoms with Gasteiger partial charge in [0.1, 0.15) is 6.04 Å². The lowest BCUT2D eigenvalue weighted by Crippen LogP contribution is -2.56. The maximum Gasteiger partial charge on any atom is 0.245 e. The second-order valence-corrected chi connectivity index (χ2v) is 4.77. The molecule has 1 heterocycles. The van der Waals surface area contributed by atoms with E-state index in [0.29, 0.717) is 6.42 Å². The normalized spacial score (nSPS) is 20.4. The van der Waals surface area contributed by atoms with E-state index >= 15 is 0 Å². The largest absolute Gasteiger partial charge is 0.396 e. The summed E-state index contributed by atoms with van der Waals surface area (Å²) >= 11 is 0. The Morgan fingerprint density at radius 3 is 2.72 bits per heavy atom. The second-order valence-electron chi connectivity index (χ2n) is 4.77. The predicted octanol–water partition coefficient (Wildman–Crippen LogP) is 1.02. The van der Waals surface area contributed by atoms with Crippen molar-refractivity contribution in [3.8, 4) is 0 Å². The highest BCUT2D eigenvalue weighted by atomic mass is 16.3. The fourth-order valence-electron chi connectivity index (χ4n) is 2.49. The summed E-state index contributed by atoms with van der Waals surface area (Å²) in [5, 5.41) is 9.16. The van der Waals surface area contributed by atoms with Crippen LogP contribution in [0.5, 0.6) is 0 Å². The Labute approximate surface area is 108 Å². The molecule has 1 aromatic carbocycles. The molecule has 98 valence electrons. The molecule has 0 radical (unpaired) electrons. The van der Waals surface area contributed by atoms with Crippen molar-refractivity contribution >= 4 is 11.6 Å². The summed E-state index contributed by atoms with van der Waals surface area (Å²) in [5.74, 6) is 0.0959. The molecular formula is C14H20N2O2. The number of benzene rings is 1. The van der Waals surface area contributed by atoms with Crippen LogP contribution < -0.4 is 4.90 Å². The Hall–Kier alpha value is -1.55. The first kappa shape index (κ1) is 12.9. The van der Waals surface area contributed by atoms with Crippen molar-refractivity contribution in [2.75, 3.05) is 31.6 Å². The monoisotopic (exact) mass is 248 g/mol. The van der Waals surface area contributed by atoms with Gasteiger partial charge in [0.25, 0.3) is 0 Å². The molecule has 4 nitrogen and oxygen atoms in total. The summed E-state index contributed by atoms with van der Waals surface area (Å²) in [6.45, 7) is 3.63. The Kier molecular flexibility index (Phi) is 3.87. The molecule has 0 aromatic heterocycles. The van der Waals surface area contributed by atoms with Gasteiger partial charge in [0, 0.05) is 32.4 Å². The topological polar surface area (TPSA) is 43.8 Å². The molecule has 1 aliphatic heterocycles. The molecule has 18 heavy (non-hydrogen) atoms.